The molecule has 2 amide bonds. The van der Waals surface area contributed by atoms with E-state index < -0.39 is 11.2 Å². The number of anilines is 3. The van der Waals surface area contributed by atoms with Crippen LogP contribution in [0.1, 0.15) is 86.6 Å². The molecule has 0 bridgehead atoms. The van der Waals surface area contributed by atoms with E-state index in [1.165, 1.54) is 61.4 Å². The molecule has 0 atom stereocenters. The molecule has 2 aliphatic rings. The van der Waals surface area contributed by atoms with Gasteiger partial charge in [-0.1, -0.05) is 46.9 Å². The number of benzene rings is 2. The number of aliphatic hydroxyl groups is 2. The van der Waals surface area contributed by atoms with E-state index in [1.54, 1.807) is 76.2 Å². The first-order valence-corrected chi connectivity index (χ1v) is 20.6. The van der Waals surface area contributed by atoms with Crippen molar-refractivity contribution >= 4 is 87.2 Å². The lowest BCUT2D eigenvalue weighted by Crippen LogP contribution is -2.18. The largest absolute Gasteiger partial charge is 0.386 e. The zero-order chi connectivity index (χ0) is 39.2. The Morgan fingerprint density at radius 3 is 1.56 bits per heavy atom. The summed E-state index contributed by atoms with van der Waals surface area (Å²) in [5.41, 5.74) is 2.21. The highest BCUT2D eigenvalue weighted by atomic mass is 79.9. The van der Waals surface area contributed by atoms with Crippen molar-refractivity contribution in [2.45, 2.75) is 64.6 Å². The molecule has 0 unspecified atom stereocenters. The van der Waals surface area contributed by atoms with Crippen LogP contribution < -0.4 is 20.9 Å². The highest BCUT2D eigenvalue weighted by Crippen LogP contribution is 2.29. The Bertz CT molecular complexity index is 2240. The van der Waals surface area contributed by atoms with Crippen LogP contribution in [0.4, 0.5) is 16.1 Å². The molecule has 0 aliphatic carbocycles. The Morgan fingerprint density at radius 1 is 0.673 bits per heavy atom. The van der Waals surface area contributed by atoms with E-state index in [1.807, 2.05) is 24.3 Å². The van der Waals surface area contributed by atoms with Crippen LogP contribution in [0.5, 0.6) is 0 Å². The minimum Gasteiger partial charge on any atom is -0.386 e. The number of rotatable bonds is 7. The average molecular weight is 849 g/mol. The zero-order valence-corrected chi connectivity index (χ0v) is 34.4. The second-order valence-electron chi connectivity index (χ2n) is 14.3. The van der Waals surface area contributed by atoms with Gasteiger partial charge in [0.25, 0.3) is 11.8 Å². The zero-order valence-electron chi connectivity index (χ0n) is 31.2. The molecular formula is C40H47BrN8O4S2. The summed E-state index contributed by atoms with van der Waals surface area (Å²) in [7, 11) is 0. The smallest absolute Gasteiger partial charge is 0.257 e. The normalized spacial score (nSPS) is 14.3. The summed E-state index contributed by atoms with van der Waals surface area (Å²) in [6.07, 6.45) is 5.19. The summed E-state index contributed by atoms with van der Waals surface area (Å²) in [5.74, 6) is 0.505. The van der Waals surface area contributed by atoms with Crippen molar-refractivity contribution in [1.29, 1.82) is 0 Å². The highest BCUT2D eigenvalue weighted by molar-refractivity contribution is 9.10. The number of thiazole rings is 2. The van der Waals surface area contributed by atoms with Gasteiger partial charge in [-0.15, -0.1) is 0 Å². The van der Waals surface area contributed by atoms with Gasteiger partial charge in [-0.25, -0.2) is 19.9 Å². The monoisotopic (exact) mass is 847 g/mol. The summed E-state index contributed by atoms with van der Waals surface area (Å²) in [6, 6.07) is 21.4. The van der Waals surface area contributed by atoms with Gasteiger partial charge in [-0.3, -0.25) is 20.2 Å². The van der Waals surface area contributed by atoms with E-state index >= 15 is 0 Å². The molecule has 2 aromatic carbocycles. The maximum atomic E-state index is 12.5. The SMILES string of the molecule is C1CCNC1.CC(C)(O)c1ccc(C(=O)Nc2nc3ccc(Br)nc3s2)cc1.CC(C)(O)c1ccc(C(=O)Nc2nc3ccc(N4CCCC4)nc3s2)cc1.[2HH]. The molecular weight excluding hydrogens is 801 g/mol. The van der Waals surface area contributed by atoms with Gasteiger partial charge in [-0.05, 0) is 142 Å². The third kappa shape index (κ3) is 10.9. The summed E-state index contributed by atoms with van der Waals surface area (Å²) in [5, 5.41) is 29.8. The van der Waals surface area contributed by atoms with E-state index in [4.69, 9.17) is 4.98 Å². The topological polar surface area (TPSA) is 165 Å². The van der Waals surface area contributed by atoms with Crippen molar-refractivity contribution in [2.75, 3.05) is 41.7 Å². The molecule has 0 radical (unpaired) electrons. The number of nitrogens with one attached hydrogen (secondary N) is 3. The van der Waals surface area contributed by atoms with E-state index in [2.05, 4.69) is 51.7 Å². The number of pyridine rings is 2. The van der Waals surface area contributed by atoms with Gasteiger partial charge in [0.2, 0.25) is 0 Å². The standard InChI is InChI=1S/C20H22N4O2S.C16H14BrN3O2S.C4H9N.H2/c1-20(2,26)14-7-5-13(6-8-14)17(25)23-19-21-15-9-10-16(22-18(15)27-19)24-11-3-4-12-24;1-16(2,22)10-5-3-9(4-6-10)13(21)20-15-18-11-7-8-12(17)19-14(11)23-15;1-2-4-5-3-1;/h5-10,26H,3-4,11-12H2,1-2H3,(H,21,23,25);3-8,22H,1-2H3,(H,18,20,21);5H,1-4H2;1H/i;;;1+1. The number of fused-ring (bicyclic) bond motifs is 2. The van der Waals surface area contributed by atoms with E-state index in [9.17, 15) is 19.8 Å². The summed E-state index contributed by atoms with van der Waals surface area (Å²) in [4.78, 5) is 46.5. The number of halogens is 1. The van der Waals surface area contributed by atoms with Gasteiger partial charge in [0, 0.05) is 25.6 Å². The minimum absolute atomic E-state index is 0. The molecule has 8 rings (SSSR count). The van der Waals surface area contributed by atoms with Crippen LogP contribution >= 0.6 is 38.6 Å². The fourth-order valence-corrected chi connectivity index (χ4v) is 7.94. The van der Waals surface area contributed by atoms with Gasteiger partial charge in [0.1, 0.15) is 31.1 Å². The number of hydrogen-bond donors (Lipinski definition) is 5. The number of carbonyl (C=O) groups excluding carboxylic acids is 2. The highest BCUT2D eigenvalue weighted by Gasteiger charge is 2.19. The van der Waals surface area contributed by atoms with Gasteiger partial charge >= 0.3 is 0 Å². The maximum absolute atomic E-state index is 12.5. The second kappa shape index (κ2) is 17.6. The van der Waals surface area contributed by atoms with Crippen molar-refractivity contribution in [1.82, 2.24) is 25.3 Å². The Balaban J connectivity index is 0.000000189. The van der Waals surface area contributed by atoms with Crippen LogP contribution in [0.15, 0.2) is 77.4 Å². The summed E-state index contributed by atoms with van der Waals surface area (Å²) in [6.45, 7) is 11.4. The Hall–Kier alpha value is -4.38. The molecule has 12 nitrogen and oxygen atoms in total. The maximum Gasteiger partial charge on any atom is 0.257 e. The minimum atomic E-state index is -0.930. The van der Waals surface area contributed by atoms with Crippen LogP contribution in [-0.2, 0) is 11.2 Å². The van der Waals surface area contributed by atoms with Crippen LogP contribution in [0.25, 0.3) is 20.7 Å². The van der Waals surface area contributed by atoms with Gasteiger partial charge in [0.15, 0.2) is 10.3 Å². The second-order valence-corrected chi connectivity index (χ2v) is 17.1. The Kier molecular flexibility index (Phi) is 12.9. The molecule has 0 saturated carbocycles. The summed E-state index contributed by atoms with van der Waals surface area (Å²) < 4.78 is 0.730. The van der Waals surface area contributed by atoms with Crippen LogP contribution in [0, 0.1) is 0 Å². The lowest BCUT2D eigenvalue weighted by atomic mass is 9.97. The van der Waals surface area contributed by atoms with Crippen LogP contribution in [0.2, 0.25) is 0 Å². The first-order chi connectivity index (χ1) is 26.2. The average Bonchev–Trinajstić information content (AvgIpc) is 3.99. The number of aromatic nitrogens is 4. The first kappa shape index (κ1) is 40.3. The number of carbonyl (C=O) groups is 2. The molecule has 15 heteroatoms. The molecule has 2 saturated heterocycles. The third-order valence-electron chi connectivity index (χ3n) is 9.00. The van der Waals surface area contributed by atoms with Crippen LogP contribution in [-0.4, -0.2) is 68.1 Å². The molecule has 2 aliphatic heterocycles. The molecule has 290 valence electrons. The van der Waals surface area contributed by atoms with Gasteiger partial charge < -0.3 is 20.4 Å². The van der Waals surface area contributed by atoms with Gasteiger partial charge in [-0.2, -0.15) is 0 Å². The van der Waals surface area contributed by atoms with E-state index in [0.29, 0.717) is 21.4 Å². The predicted molar refractivity (Wildman–Crippen MR) is 227 cm³/mol. The quantitative estimate of drug-likeness (QED) is 0.0987. The van der Waals surface area contributed by atoms with Crippen molar-refractivity contribution in [3.05, 3.63) is 99.7 Å². The van der Waals surface area contributed by atoms with Crippen LogP contribution in [0.3, 0.4) is 0 Å². The molecule has 5 N–H and O–H groups in total. The lowest BCUT2D eigenvalue weighted by molar-refractivity contribution is 0.0780. The molecule has 6 aromatic rings. The van der Waals surface area contributed by atoms with Crippen molar-refractivity contribution in [3.63, 3.8) is 0 Å². The third-order valence-corrected chi connectivity index (χ3v) is 11.2. The Morgan fingerprint density at radius 2 is 1.13 bits per heavy atom. The lowest BCUT2D eigenvalue weighted by Gasteiger charge is -2.17. The van der Waals surface area contributed by atoms with Crippen molar-refractivity contribution < 1.29 is 21.2 Å². The number of hydrogen-bond acceptors (Lipinski definition) is 12. The molecule has 2 fully saturated rings. The summed E-state index contributed by atoms with van der Waals surface area (Å²) >= 11 is 6.01. The first-order valence-electron chi connectivity index (χ1n) is 18.2. The fraction of sp³-hybridized carbons (Fsp3) is 0.350. The number of nitrogens with zero attached hydrogens (tertiary/aromatic N) is 5. The molecule has 0 spiro atoms. The number of amides is 2. The van der Waals surface area contributed by atoms with E-state index in [0.717, 1.165) is 55.3 Å². The van der Waals surface area contributed by atoms with Crippen molar-refractivity contribution in [2.24, 2.45) is 0 Å². The molecule has 6 heterocycles. The predicted octanol–water partition coefficient (Wildman–Crippen LogP) is 8.32. The van der Waals surface area contributed by atoms with E-state index in [-0.39, 0.29) is 13.2 Å². The molecule has 55 heavy (non-hydrogen) atoms. The molecule has 4 aromatic heterocycles. The van der Waals surface area contributed by atoms with Gasteiger partial charge in [0.05, 0.1) is 11.2 Å². The van der Waals surface area contributed by atoms with Crippen molar-refractivity contribution in [3.8, 4) is 0 Å². The Labute approximate surface area is 338 Å². The fourth-order valence-electron chi connectivity index (χ4n) is 5.85.